The van der Waals surface area contributed by atoms with Crippen molar-refractivity contribution in [3.05, 3.63) is 22.8 Å². The van der Waals surface area contributed by atoms with E-state index in [1.54, 1.807) is 12.4 Å². The minimum absolute atomic E-state index is 0.0504. The zero-order valence-corrected chi connectivity index (χ0v) is 10.3. The van der Waals surface area contributed by atoms with E-state index in [0.29, 0.717) is 16.6 Å². The third kappa shape index (κ3) is 1.76. The average Bonchev–Trinajstić information content (AvgIpc) is 3.02. The van der Waals surface area contributed by atoms with Crippen LogP contribution in [-0.4, -0.2) is 16.9 Å². The first-order valence-electron chi connectivity index (χ1n) is 5.60. The Kier molecular flexibility index (Phi) is 2.29. The van der Waals surface area contributed by atoms with Gasteiger partial charge >= 0.3 is 0 Å². The molecule has 1 amide bonds. The van der Waals surface area contributed by atoms with Gasteiger partial charge in [-0.05, 0) is 25.3 Å². The molecule has 0 bridgehead atoms. The number of nitrogens with one attached hydrogen (secondary N) is 1. The molecule has 88 valence electrons. The third-order valence-electron chi connectivity index (χ3n) is 2.95. The molecule has 17 heavy (non-hydrogen) atoms. The highest BCUT2D eigenvalue weighted by Gasteiger charge is 2.26. The maximum absolute atomic E-state index is 12.0. The van der Waals surface area contributed by atoms with Crippen molar-refractivity contribution in [1.29, 1.82) is 0 Å². The lowest BCUT2D eigenvalue weighted by atomic mass is 10.2. The van der Waals surface area contributed by atoms with Crippen LogP contribution in [0.2, 0.25) is 0 Å². The van der Waals surface area contributed by atoms with Crippen molar-refractivity contribution >= 4 is 33.0 Å². The summed E-state index contributed by atoms with van der Waals surface area (Å²) < 4.78 is 0.975. The molecule has 1 fully saturated rings. The van der Waals surface area contributed by atoms with Crippen molar-refractivity contribution in [2.45, 2.75) is 25.8 Å². The molecule has 1 aliphatic carbocycles. The molecular formula is C12H13N3OS. The Labute approximate surface area is 103 Å². The fourth-order valence-corrected chi connectivity index (χ4v) is 2.96. The number of amides is 1. The summed E-state index contributed by atoms with van der Waals surface area (Å²) in [6.07, 6.45) is 5.69. The van der Waals surface area contributed by atoms with Crippen LogP contribution in [-0.2, 0) is 0 Å². The zero-order chi connectivity index (χ0) is 12.0. The highest BCUT2D eigenvalue weighted by molar-refractivity contribution is 7.21. The largest absolute Gasteiger partial charge is 0.397 e. The van der Waals surface area contributed by atoms with Crippen molar-refractivity contribution in [1.82, 2.24) is 10.3 Å². The molecule has 0 saturated heterocycles. The van der Waals surface area contributed by atoms with Gasteiger partial charge in [-0.2, -0.15) is 0 Å². The summed E-state index contributed by atoms with van der Waals surface area (Å²) in [4.78, 5) is 16.7. The number of aryl methyl sites for hydroxylation is 1. The number of nitrogens with zero attached hydrogens (tertiary/aromatic N) is 1. The van der Waals surface area contributed by atoms with Crippen LogP contribution in [0, 0.1) is 6.92 Å². The first-order valence-corrected chi connectivity index (χ1v) is 6.42. The van der Waals surface area contributed by atoms with Gasteiger partial charge in [-0.3, -0.25) is 9.78 Å². The van der Waals surface area contributed by atoms with Crippen LogP contribution in [0.3, 0.4) is 0 Å². The number of nitrogens with two attached hydrogens (primary N) is 1. The quantitative estimate of drug-likeness (QED) is 0.853. The minimum Gasteiger partial charge on any atom is -0.397 e. The van der Waals surface area contributed by atoms with Gasteiger partial charge in [-0.25, -0.2) is 0 Å². The first kappa shape index (κ1) is 10.5. The van der Waals surface area contributed by atoms with Crippen LogP contribution in [0.4, 0.5) is 5.69 Å². The molecule has 1 saturated carbocycles. The molecule has 0 spiro atoms. The number of anilines is 1. The molecule has 3 N–H and O–H groups in total. The molecule has 3 rings (SSSR count). The Bertz CT molecular complexity index is 601. The second kappa shape index (κ2) is 3.70. The van der Waals surface area contributed by atoms with Crippen LogP contribution in [0.5, 0.6) is 0 Å². The van der Waals surface area contributed by atoms with Gasteiger partial charge in [0.05, 0.1) is 10.4 Å². The van der Waals surface area contributed by atoms with E-state index in [4.69, 9.17) is 5.73 Å². The lowest BCUT2D eigenvalue weighted by molar-refractivity contribution is 0.0956. The number of pyridine rings is 1. The summed E-state index contributed by atoms with van der Waals surface area (Å²) in [6, 6.07) is 0.353. The van der Waals surface area contributed by atoms with Crippen LogP contribution in [0.1, 0.15) is 28.1 Å². The van der Waals surface area contributed by atoms with Crippen molar-refractivity contribution in [2.24, 2.45) is 0 Å². The van der Waals surface area contributed by atoms with E-state index in [2.05, 4.69) is 10.3 Å². The van der Waals surface area contributed by atoms with Gasteiger partial charge in [0.1, 0.15) is 4.88 Å². The van der Waals surface area contributed by atoms with Gasteiger partial charge in [-0.1, -0.05) is 0 Å². The summed E-state index contributed by atoms with van der Waals surface area (Å²) >= 11 is 1.42. The summed E-state index contributed by atoms with van der Waals surface area (Å²) in [5, 5.41) is 3.93. The highest BCUT2D eigenvalue weighted by atomic mass is 32.1. The molecule has 0 unspecified atom stereocenters. The van der Waals surface area contributed by atoms with E-state index in [0.717, 1.165) is 28.5 Å². The standard InChI is InChI=1S/C12H13N3OS/c1-6-4-14-5-8-9(6)10(13)11(17-8)12(16)15-7-2-3-7/h4-5,7H,2-3,13H2,1H3,(H,15,16). The Balaban J connectivity index is 2.07. The van der Waals surface area contributed by atoms with E-state index in [9.17, 15) is 4.79 Å². The molecule has 0 aromatic carbocycles. The number of aromatic nitrogens is 1. The number of hydrogen-bond donors (Lipinski definition) is 2. The van der Waals surface area contributed by atoms with Crippen LogP contribution in [0.15, 0.2) is 12.4 Å². The normalized spacial score (nSPS) is 15.1. The Morgan fingerprint density at radius 1 is 1.53 bits per heavy atom. The molecule has 2 heterocycles. The molecule has 0 radical (unpaired) electrons. The Morgan fingerprint density at radius 3 is 2.94 bits per heavy atom. The predicted molar refractivity (Wildman–Crippen MR) is 69.3 cm³/mol. The van der Waals surface area contributed by atoms with Gasteiger partial charge in [-0.15, -0.1) is 11.3 Å². The summed E-state index contributed by atoms with van der Waals surface area (Å²) in [6.45, 7) is 1.96. The topological polar surface area (TPSA) is 68.0 Å². The van der Waals surface area contributed by atoms with Crippen LogP contribution >= 0.6 is 11.3 Å². The lowest BCUT2D eigenvalue weighted by Gasteiger charge is -2.01. The van der Waals surface area contributed by atoms with E-state index in [-0.39, 0.29) is 5.91 Å². The number of rotatable bonds is 2. The fourth-order valence-electron chi connectivity index (χ4n) is 1.89. The number of thiophene rings is 1. The van der Waals surface area contributed by atoms with Gasteiger partial charge < -0.3 is 11.1 Å². The highest BCUT2D eigenvalue weighted by Crippen LogP contribution is 2.35. The first-order chi connectivity index (χ1) is 8.16. The van der Waals surface area contributed by atoms with E-state index in [1.165, 1.54) is 11.3 Å². The summed E-state index contributed by atoms with van der Waals surface area (Å²) in [5.74, 6) is -0.0504. The third-order valence-corrected chi connectivity index (χ3v) is 4.08. The SMILES string of the molecule is Cc1cncc2sc(C(=O)NC3CC3)c(N)c12. The van der Waals surface area contributed by atoms with Crippen LogP contribution < -0.4 is 11.1 Å². The second-order valence-electron chi connectivity index (χ2n) is 4.42. The predicted octanol–water partition coefficient (Wildman–Crippen LogP) is 2.08. The van der Waals surface area contributed by atoms with Crippen molar-refractivity contribution < 1.29 is 4.79 Å². The second-order valence-corrected chi connectivity index (χ2v) is 5.47. The van der Waals surface area contributed by atoms with E-state index in [1.807, 2.05) is 6.92 Å². The molecule has 2 aromatic rings. The molecule has 0 aliphatic heterocycles. The van der Waals surface area contributed by atoms with Gasteiger partial charge in [0.25, 0.3) is 5.91 Å². The number of fused-ring (bicyclic) bond motifs is 1. The lowest BCUT2D eigenvalue weighted by Crippen LogP contribution is -2.25. The minimum atomic E-state index is -0.0504. The molecule has 0 atom stereocenters. The van der Waals surface area contributed by atoms with Gasteiger partial charge in [0, 0.05) is 23.8 Å². The number of carbonyl (C=O) groups is 1. The number of hydrogen-bond acceptors (Lipinski definition) is 4. The molecule has 5 heteroatoms. The smallest absolute Gasteiger partial charge is 0.263 e. The maximum atomic E-state index is 12.0. The maximum Gasteiger partial charge on any atom is 0.263 e. The molecule has 2 aromatic heterocycles. The molecular weight excluding hydrogens is 234 g/mol. The Morgan fingerprint density at radius 2 is 2.29 bits per heavy atom. The number of nitrogen functional groups attached to an aromatic ring is 1. The Hall–Kier alpha value is -1.62. The summed E-state index contributed by atoms with van der Waals surface area (Å²) in [7, 11) is 0. The molecule has 1 aliphatic rings. The van der Waals surface area contributed by atoms with Crippen LogP contribution in [0.25, 0.3) is 10.1 Å². The van der Waals surface area contributed by atoms with Gasteiger partial charge in [0.15, 0.2) is 0 Å². The van der Waals surface area contributed by atoms with Crippen molar-refractivity contribution in [3.8, 4) is 0 Å². The zero-order valence-electron chi connectivity index (χ0n) is 9.49. The van der Waals surface area contributed by atoms with Gasteiger partial charge in [0.2, 0.25) is 0 Å². The molecule has 4 nitrogen and oxygen atoms in total. The summed E-state index contributed by atoms with van der Waals surface area (Å²) in [5.41, 5.74) is 7.66. The van der Waals surface area contributed by atoms with E-state index >= 15 is 0 Å². The van der Waals surface area contributed by atoms with Crippen molar-refractivity contribution in [3.63, 3.8) is 0 Å². The fraction of sp³-hybridized carbons (Fsp3) is 0.333. The number of carbonyl (C=O) groups excluding carboxylic acids is 1. The van der Waals surface area contributed by atoms with Crippen molar-refractivity contribution in [2.75, 3.05) is 5.73 Å². The monoisotopic (exact) mass is 247 g/mol. The average molecular weight is 247 g/mol. The van der Waals surface area contributed by atoms with E-state index < -0.39 is 0 Å².